The third kappa shape index (κ3) is 3.69. The summed E-state index contributed by atoms with van der Waals surface area (Å²) >= 11 is 5.21. The predicted molar refractivity (Wildman–Crippen MR) is 102 cm³/mol. The number of nitrogens with zero attached hydrogens (tertiary/aromatic N) is 1. The molecule has 0 unspecified atom stereocenters. The number of carbonyl (C=O) groups excluding carboxylic acids is 1. The van der Waals surface area contributed by atoms with E-state index in [1.807, 2.05) is 37.3 Å². The highest BCUT2D eigenvalue weighted by Crippen LogP contribution is 2.11. The van der Waals surface area contributed by atoms with Gasteiger partial charge in [-0.3, -0.25) is 14.2 Å². The summed E-state index contributed by atoms with van der Waals surface area (Å²) < 4.78 is 1.86. The number of hydrogen-bond donors (Lipinski definition) is 2. The van der Waals surface area contributed by atoms with Crippen molar-refractivity contribution in [3.63, 3.8) is 0 Å². The summed E-state index contributed by atoms with van der Waals surface area (Å²) in [6.07, 6.45) is 0.768. The maximum absolute atomic E-state index is 12.4. The summed E-state index contributed by atoms with van der Waals surface area (Å²) in [6, 6.07) is 15.0. The number of fused-ring (bicyclic) bond motifs is 1. The lowest BCUT2D eigenvalue weighted by Gasteiger charge is -2.08. The SMILES string of the molecule is CCn1c(=S)[nH]c2cc(C(=O)NCCc3ccccc3)ccc2c1=O. The van der Waals surface area contributed by atoms with E-state index in [1.54, 1.807) is 18.2 Å². The van der Waals surface area contributed by atoms with Crippen molar-refractivity contribution in [1.82, 2.24) is 14.9 Å². The largest absolute Gasteiger partial charge is 0.352 e. The van der Waals surface area contributed by atoms with E-state index in [0.717, 1.165) is 6.42 Å². The summed E-state index contributed by atoms with van der Waals surface area (Å²) in [7, 11) is 0. The van der Waals surface area contributed by atoms with Crippen LogP contribution in [-0.4, -0.2) is 22.0 Å². The summed E-state index contributed by atoms with van der Waals surface area (Å²) in [5.74, 6) is -0.170. The van der Waals surface area contributed by atoms with Crippen LogP contribution in [0.5, 0.6) is 0 Å². The highest BCUT2D eigenvalue weighted by atomic mass is 32.1. The molecule has 0 aliphatic rings. The molecule has 0 radical (unpaired) electrons. The molecule has 6 heteroatoms. The Hall–Kier alpha value is -2.73. The molecule has 0 aliphatic heterocycles. The quantitative estimate of drug-likeness (QED) is 0.693. The zero-order chi connectivity index (χ0) is 17.8. The minimum absolute atomic E-state index is 0.141. The minimum Gasteiger partial charge on any atom is -0.352 e. The van der Waals surface area contributed by atoms with Gasteiger partial charge in [0.1, 0.15) is 0 Å². The van der Waals surface area contributed by atoms with E-state index in [0.29, 0.717) is 34.3 Å². The molecule has 25 heavy (non-hydrogen) atoms. The van der Waals surface area contributed by atoms with Gasteiger partial charge >= 0.3 is 0 Å². The van der Waals surface area contributed by atoms with Gasteiger partial charge in [0.15, 0.2) is 4.77 Å². The highest BCUT2D eigenvalue weighted by Gasteiger charge is 2.09. The van der Waals surface area contributed by atoms with Crippen LogP contribution in [0.2, 0.25) is 0 Å². The number of rotatable bonds is 5. The van der Waals surface area contributed by atoms with Crippen molar-refractivity contribution in [3.05, 3.63) is 74.8 Å². The van der Waals surface area contributed by atoms with Crippen LogP contribution in [0, 0.1) is 4.77 Å². The summed E-state index contributed by atoms with van der Waals surface area (Å²) in [6.45, 7) is 2.92. The molecule has 3 rings (SSSR count). The van der Waals surface area contributed by atoms with Crippen molar-refractivity contribution in [3.8, 4) is 0 Å². The average molecular weight is 353 g/mol. The van der Waals surface area contributed by atoms with E-state index < -0.39 is 0 Å². The first-order valence-corrected chi connectivity index (χ1v) is 8.60. The second-order valence-electron chi connectivity index (χ2n) is 5.73. The van der Waals surface area contributed by atoms with Gasteiger partial charge in [0, 0.05) is 18.7 Å². The van der Waals surface area contributed by atoms with Gasteiger partial charge < -0.3 is 10.3 Å². The van der Waals surface area contributed by atoms with Crippen LogP contribution < -0.4 is 10.9 Å². The van der Waals surface area contributed by atoms with Crippen LogP contribution in [-0.2, 0) is 13.0 Å². The number of H-pyrrole nitrogens is 1. The molecule has 0 fully saturated rings. The first-order valence-electron chi connectivity index (χ1n) is 8.19. The van der Waals surface area contributed by atoms with E-state index in [9.17, 15) is 9.59 Å². The normalized spacial score (nSPS) is 10.8. The topological polar surface area (TPSA) is 66.9 Å². The standard InChI is InChI=1S/C19H19N3O2S/c1-2-22-18(24)15-9-8-14(12-16(15)21-19(22)25)17(23)20-11-10-13-6-4-3-5-7-13/h3-9,12H,2,10-11H2,1H3,(H,20,23)(H,21,25). The maximum atomic E-state index is 12.4. The first-order chi connectivity index (χ1) is 12.1. The molecule has 128 valence electrons. The Bertz CT molecular complexity index is 1020. The van der Waals surface area contributed by atoms with Gasteiger partial charge in [-0.15, -0.1) is 0 Å². The molecule has 0 bridgehead atoms. The Kier molecular flexibility index (Phi) is 5.09. The van der Waals surface area contributed by atoms with Gasteiger partial charge in [-0.05, 0) is 49.3 Å². The van der Waals surface area contributed by atoms with E-state index in [1.165, 1.54) is 10.1 Å². The van der Waals surface area contributed by atoms with E-state index >= 15 is 0 Å². The van der Waals surface area contributed by atoms with E-state index in [-0.39, 0.29) is 11.5 Å². The Morgan fingerprint density at radius 2 is 1.96 bits per heavy atom. The van der Waals surface area contributed by atoms with E-state index in [4.69, 9.17) is 12.2 Å². The molecule has 3 aromatic rings. The van der Waals surface area contributed by atoms with Crippen molar-refractivity contribution in [2.45, 2.75) is 19.9 Å². The zero-order valence-corrected chi connectivity index (χ0v) is 14.7. The van der Waals surface area contributed by atoms with Crippen LogP contribution >= 0.6 is 12.2 Å². The average Bonchev–Trinajstić information content (AvgIpc) is 2.62. The molecule has 0 saturated carbocycles. The fraction of sp³-hybridized carbons (Fsp3) is 0.211. The van der Waals surface area contributed by atoms with Crippen molar-refractivity contribution in [2.75, 3.05) is 6.54 Å². The van der Waals surface area contributed by atoms with Crippen molar-refractivity contribution in [2.24, 2.45) is 0 Å². The summed E-state index contributed by atoms with van der Waals surface area (Å²) in [5, 5.41) is 3.43. The number of nitrogens with one attached hydrogen (secondary N) is 2. The zero-order valence-electron chi connectivity index (χ0n) is 13.9. The molecular weight excluding hydrogens is 334 g/mol. The van der Waals surface area contributed by atoms with Crippen molar-refractivity contribution in [1.29, 1.82) is 0 Å². The molecular formula is C19H19N3O2S. The van der Waals surface area contributed by atoms with Gasteiger partial charge in [0.25, 0.3) is 11.5 Å². The Balaban J connectivity index is 1.78. The number of carbonyl (C=O) groups is 1. The molecule has 2 aromatic carbocycles. The molecule has 1 aromatic heterocycles. The fourth-order valence-electron chi connectivity index (χ4n) is 2.75. The second kappa shape index (κ2) is 7.44. The summed E-state index contributed by atoms with van der Waals surface area (Å²) in [4.78, 5) is 27.7. The Morgan fingerprint density at radius 1 is 1.20 bits per heavy atom. The van der Waals surface area contributed by atoms with Gasteiger partial charge in [-0.1, -0.05) is 30.3 Å². The van der Waals surface area contributed by atoms with Crippen molar-refractivity contribution >= 4 is 29.0 Å². The Morgan fingerprint density at radius 3 is 2.68 bits per heavy atom. The molecule has 0 spiro atoms. The molecule has 2 N–H and O–H groups in total. The molecule has 0 atom stereocenters. The molecule has 0 saturated heterocycles. The molecule has 5 nitrogen and oxygen atoms in total. The van der Waals surface area contributed by atoms with Crippen LogP contribution in [0.1, 0.15) is 22.8 Å². The lowest BCUT2D eigenvalue weighted by molar-refractivity contribution is 0.0954. The van der Waals surface area contributed by atoms with Crippen LogP contribution in [0.25, 0.3) is 10.9 Å². The van der Waals surface area contributed by atoms with Crippen LogP contribution in [0.3, 0.4) is 0 Å². The fourth-order valence-corrected chi connectivity index (χ4v) is 3.07. The lowest BCUT2D eigenvalue weighted by atomic mass is 10.1. The third-order valence-electron chi connectivity index (χ3n) is 4.10. The number of benzene rings is 2. The molecule has 1 amide bonds. The van der Waals surface area contributed by atoms with Crippen LogP contribution in [0.4, 0.5) is 0 Å². The van der Waals surface area contributed by atoms with Crippen LogP contribution in [0.15, 0.2) is 53.3 Å². The van der Waals surface area contributed by atoms with Gasteiger partial charge in [0.2, 0.25) is 0 Å². The monoisotopic (exact) mass is 353 g/mol. The highest BCUT2D eigenvalue weighted by molar-refractivity contribution is 7.71. The third-order valence-corrected chi connectivity index (χ3v) is 4.42. The Labute approximate surface area is 150 Å². The minimum atomic E-state index is -0.170. The second-order valence-corrected chi connectivity index (χ2v) is 6.12. The smallest absolute Gasteiger partial charge is 0.262 e. The molecule has 0 aliphatic carbocycles. The lowest BCUT2D eigenvalue weighted by Crippen LogP contribution is -2.26. The number of hydrogen-bond acceptors (Lipinski definition) is 3. The van der Waals surface area contributed by atoms with Gasteiger partial charge in [0.05, 0.1) is 10.9 Å². The number of aromatic amines is 1. The summed E-state index contributed by atoms with van der Waals surface area (Å²) in [5.41, 5.74) is 2.11. The molecule has 1 heterocycles. The van der Waals surface area contributed by atoms with E-state index in [2.05, 4.69) is 10.3 Å². The van der Waals surface area contributed by atoms with Gasteiger partial charge in [-0.2, -0.15) is 0 Å². The van der Waals surface area contributed by atoms with Crippen molar-refractivity contribution < 1.29 is 4.79 Å². The predicted octanol–water partition coefficient (Wildman–Crippen LogP) is 3.05. The maximum Gasteiger partial charge on any atom is 0.262 e. The first kappa shape index (κ1) is 17.1. The number of amides is 1. The van der Waals surface area contributed by atoms with Gasteiger partial charge in [-0.25, -0.2) is 0 Å². The number of aromatic nitrogens is 2.